The van der Waals surface area contributed by atoms with Gasteiger partial charge in [-0.15, -0.1) is 0 Å². The fourth-order valence-corrected chi connectivity index (χ4v) is 2.80. The normalized spacial score (nSPS) is 18.6. The number of ketones is 1. The van der Waals surface area contributed by atoms with E-state index >= 15 is 0 Å². The molecule has 0 spiro atoms. The molecule has 1 aromatic carbocycles. The van der Waals surface area contributed by atoms with Crippen molar-refractivity contribution in [2.45, 2.75) is 38.5 Å². The first kappa shape index (κ1) is 13.2. The first-order chi connectivity index (χ1) is 8.66. The molecule has 18 heavy (non-hydrogen) atoms. The summed E-state index contributed by atoms with van der Waals surface area (Å²) in [5.41, 5.74) is 6.38. The van der Waals surface area contributed by atoms with E-state index in [1.54, 1.807) is 12.1 Å². The van der Waals surface area contributed by atoms with Crippen molar-refractivity contribution in [1.82, 2.24) is 0 Å². The zero-order valence-electron chi connectivity index (χ0n) is 10.6. The molecule has 3 heteroatoms. The molecule has 0 saturated heterocycles. The Morgan fingerprint density at radius 3 is 2.33 bits per heavy atom. The second kappa shape index (κ2) is 5.61. The largest absolute Gasteiger partial charge is 0.329 e. The maximum atomic E-state index is 12.8. The number of rotatable bonds is 4. The molecule has 1 aliphatic rings. The van der Waals surface area contributed by atoms with Crippen LogP contribution in [0.2, 0.25) is 0 Å². The summed E-state index contributed by atoms with van der Waals surface area (Å²) < 4.78 is 12.8. The molecule has 1 saturated carbocycles. The quantitative estimate of drug-likeness (QED) is 0.891. The van der Waals surface area contributed by atoms with Gasteiger partial charge in [0.2, 0.25) is 0 Å². The highest BCUT2D eigenvalue weighted by atomic mass is 19.1. The van der Waals surface area contributed by atoms with Crippen molar-refractivity contribution in [1.29, 1.82) is 0 Å². The maximum absolute atomic E-state index is 12.8. The third-order valence-corrected chi connectivity index (χ3v) is 4.07. The van der Waals surface area contributed by atoms with Crippen LogP contribution in [0, 0.1) is 11.2 Å². The summed E-state index contributed by atoms with van der Waals surface area (Å²) in [5.74, 6) is -0.0475. The number of nitrogens with two attached hydrogens (primary N) is 1. The lowest BCUT2D eigenvalue weighted by Crippen LogP contribution is -2.41. The molecular weight excluding hydrogens is 229 g/mol. The molecule has 1 aromatic rings. The fraction of sp³-hybridized carbons (Fsp3) is 0.533. The Hall–Kier alpha value is -1.22. The Morgan fingerprint density at radius 1 is 1.17 bits per heavy atom. The lowest BCUT2D eigenvalue weighted by Gasteiger charge is -2.34. The molecule has 0 atom stereocenters. The van der Waals surface area contributed by atoms with Gasteiger partial charge in [-0.05, 0) is 30.5 Å². The predicted molar refractivity (Wildman–Crippen MR) is 69.7 cm³/mol. The lowest BCUT2D eigenvalue weighted by molar-refractivity contribution is -0.129. The molecular formula is C15H20FNO. The number of carbonyl (C=O) groups excluding carboxylic acids is 1. The van der Waals surface area contributed by atoms with Gasteiger partial charge in [-0.1, -0.05) is 31.4 Å². The molecule has 2 rings (SSSR count). The van der Waals surface area contributed by atoms with Crippen LogP contribution in [-0.2, 0) is 11.2 Å². The Labute approximate surface area is 107 Å². The highest BCUT2D eigenvalue weighted by Crippen LogP contribution is 2.37. The third kappa shape index (κ3) is 2.78. The van der Waals surface area contributed by atoms with E-state index in [2.05, 4.69) is 0 Å². The van der Waals surface area contributed by atoms with Gasteiger partial charge in [0, 0.05) is 18.4 Å². The van der Waals surface area contributed by atoms with Crippen molar-refractivity contribution in [3.8, 4) is 0 Å². The molecule has 1 fully saturated rings. The maximum Gasteiger partial charge on any atom is 0.144 e. The number of hydrogen-bond acceptors (Lipinski definition) is 2. The average Bonchev–Trinajstić information content (AvgIpc) is 2.42. The molecule has 0 radical (unpaired) electrons. The summed E-state index contributed by atoms with van der Waals surface area (Å²) in [7, 11) is 0. The summed E-state index contributed by atoms with van der Waals surface area (Å²) in [6, 6.07) is 6.16. The van der Waals surface area contributed by atoms with Gasteiger partial charge < -0.3 is 5.73 Å². The molecule has 2 nitrogen and oxygen atoms in total. The SMILES string of the molecule is NCC1(C(=O)Cc2ccc(F)cc2)CCCCC1. The summed E-state index contributed by atoms with van der Waals surface area (Å²) in [6.45, 7) is 0.438. The van der Waals surface area contributed by atoms with Crippen LogP contribution in [0.15, 0.2) is 24.3 Å². The summed E-state index contributed by atoms with van der Waals surface area (Å²) in [4.78, 5) is 12.4. The van der Waals surface area contributed by atoms with Crippen LogP contribution in [0.4, 0.5) is 4.39 Å². The van der Waals surface area contributed by atoms with Crippen molar-refractivity contribution < 1.29 is 9.18 Å². The van der Waals surface area contributed by atoms with Gasteiger partial charge in [0.1, 0.15) is 11.6 Å². The molecule has 0 unspecified atom stereocenters. The zero-order chi connectivity index (χ0) is 13.0. The number of halogens is 1. The van der Waals surface area contributed by atoms with Crippen molar-refractivity contribution in [2.75, 3.05) is 6.54 Å². The molecule has 0 aliphatic heterocycles. The zero-order valence-corrected chi connectivity index (χ0v) is 10.6. The topological polar surface area (TPSA) is 43.1 Å². The van der Waals surface area contributed by atoms with Crippen molar-refractivity contribution in [3.63, 3.8) is 0 Å². The lowest BCUT2D eigenvalue weighted by atomic mass is 9.70. The number of carbonyl (C=O) groups is 1. The first-order valence-electron chi connectivity index (χ1n) is 6.64. The van der Waals surface area contributed by atoms with Crippen LogP contribution in [0.3, 0.4) is 0 Å². The minimum absolute atomic E-state index is 0.219. The minimum atomic E-state index is -0.327. The molecule has 98 valence electrons. The van der Waals surface area contributed by atoms with Crippen molar-refractivity contribution >= 4 is 5.78 Å². The van der Waals surface area contributed by atoms with Crippen LogP contribution in [0.5, 0.6) is 0 Å². The molecule has 0 amide bonds. The van der Waals surface area contributed by atoms with E-state index in [1.807, 2.05) is 0 Å². The van der Waals surface area contributed by atoms with Crippen molar-refractivity contribution in [2.24, 2.45) is 11.1 Å². The molecule has 0 aromatic heterocycles. The Morgan fingerprint density at radius 2 is 1.78 bits per heavy atom. The van der Waals surface area contributed by atoms with E-state index in [4.69, 9.17) is 5.73 Å². The number of Topliss-reactive ketones (excluding diaryl/α,β-unsaturated/α-hetero) is 1. The van der Waals surface area contributed by atoms with Gasteiger partial charge in [0.15, 0.2) is 0 Å². The van der Waals surface area contributed by atoms with Gasteiger partial charge in [0.05, 0.1) is 0 Å². The second-order valence-corrected chi connectivity index (χ2v) is 5.27. The van der Waals surface area contributed by atoms with Gasteiger partial charge in [-0.25, -0.2) is 4.39 Å². The van der Waals surface area contributed by atoms with E-state index in [-0.39, 0.29) is 17.0 Å². The van der Waals surface area contributed by atoms with Crippen LogP contribution in [0.1, 0.15) is 37.7 Å². The summed E-state index contributed by atoms with van der Waals surface area (Å²) >= 11 is 0. The summed E-state index contributed by atoms with van der Waals surface area (Å²) in [6.07, 6.45) is 5.56. The number of benzene rings is 1. The molecule has 0 heterocycles. The van der Waals surface area contributed by atoms with E-state index in [0.717, 1.165) is 31.2 Å². The van der Waals surface area contributed by atoms with Gasteiger partial charge in [-0.3, -0.25) is 4.79 Å². The standard InChI is InChI=1S/C15H20FNO/c16-13-6-4-12(5-7-13)10-14(18)15(11-17)8-2-1-3-9-15/h4-7H,1-3,8-11,17H2. The van der Waals surface area contributed by atoms with Crippen LogP contribution in [0.25, 0.3) is 0 Å². The van der Waals surface area contributed by atoms with Crippen LogP contribution in [-0.4, -0.2) is 12.3 Å². The highest BCUT2D eigenvalue weighted by molar-refractivity contribution is 5.87. The van der Waals surface area contributed by atoms with E-state index in [0.29, 0.717) is 13.0 Å². The predicted octanol–water partition coefficient (Wildman–Crippen LogP) is 2.85. The third-order valence-electron chi connectivity index (χ3n) is 4.07. The second-order valence-electron chi connectivity index (χ2n) is 5.27. The minimum Gasteiger partial charge on any atom is -0.329 e. The molecule has 1 aliphatic carbocycles. The summed E-state index contributed by atoms with van der Waals surface area (Å²) in [5, 5.41) is 0. The average molecular weight is 249 g/mol. The van der Waals surface area contributed by atoms with Crippen LogP contribution >= 0.6 is 0 Å². The Bertz CT molecular complexity index is 407. The highest BCUT2D eigenvalue weighted by Gasteiger charge is 2.37. The van der Waals surface area contributed by atoms with E-state index in [9.17, 15) is 9.18 Å². The van der Waals surface area contributed by atoms with E-state index in [1.165, 1.54) is 18.6 Å². The van der Waals surface area contributed by atoms with Crippen LogP contribution < -0.4 is 5.73 Å². The fourth-order valence-electron chi connectivity index (χ4n) is 2.80. The Kier molecular flexibility index (Phi) is 4.12. The van der Waals surface area contributed by atoms with Gasteiger partial charge in [0.25, 0.3) is 0 Å². The number of hydrogen-bond donors (Lipinski definition) is 1. The van der Waals surface area contributed by atoms with Crippen molar-refractivity contribution in [3.05, 3.63) is 35.6 Å². The van der Waals surface area contributed by atoms with Gasteiger partial charge >= 0.3 is 0 Å². The van der Waals surface area contributed by atoms with E-state index < -0.39 is 0 Å². The smallest absolute Gasteiger partial charge is 0.144 e. The van der Waals surface area contributed by atoms with Gasteiger partial charge in [-0.2, -0.15) is 0 Å². The first-order valence-corrected chi connectivity index (χ1v) is 6.64. The Balaban J connectivity index is 2.07. The molecule has 2 N–H and O–H groups in total. The monoisotopic (exact) mass is 249 g/mol. The molecule has 0 bridgehead atoms.